The van der Waals surface area contributed by atoms with Crippen LogP contribution in [0, 0.1) is 13.8 Å². The van der Waals surface area contributed by atoms with Crippen LogP contribution in [0.4, 0.5) is 5.00 Å². The Balaban J connectivity index is 1.67. The summed E-state index contributed by atoms with van der Waals surface area (Å²) in [5.74, 6) is -1.06. The van der Waals surface area contributed by atoms with E-state index in [0.717, 1.165) is 21.6 Å². The zero-order valence-corrected chi connectivity index (χ0v) is 20.0. The zero-order chi connectivity index (χ0) is 24.7. The Kier molecular flexibility index (Phi) is 5.65. The zero-order valence-electron chi connectivity index (χ0n) is 19.2. The molecule has 0 fully saturated rings. The van der Waals surface area contributed by atoms with Crippen molar-refractivity contribution in [2.24, 2.45) is 0 Å². The van der Waals surface area contributed by atoms with Crippen LogP contribution in [-0.4, -0.2) is 37.6 Å². The second kappa shape index (κ2) is 8.80. The predicted octanol–water partition coefficient (Wildman–Crippen LogP) is 4.14. The first-order valence-electron chi connectivity index (χ1n) is 10.9. The molecule has 0 saturated carbocycles. The normalized spacial score (nSPS) is 11.2. The number of nitrogens with zero attached hydrogens (tertiary/aromatic N) is 4. The summed E-state index contributed by atoms with van der Waals surface area (Å²) < 4.78 is 8.04. The standard InChI is InChI=1S/C25H21N5O4S/c1-4-34-25(33)20-17-13-35-23(19(17)24(32)30(28-20)16-10-8-14(2)9-11-16)27-22(31)21-15(3)26-18-7-5-6-12-29(18)21/h5-13H,4H2,1-3H3,(H,27,31). The fourth-order valence-electron chi connectivity index (χ4n) is 3.90. The summed E-state index contributed by atoms with van der Waals surface area (Å²) in [6, 6.07) is 12.6. The van der Waals surface area contributed by atoms with Crippen LogP contribution in [0.5, 0.6) is 0 Å². The summed E-state index contributed by atoms with van der Waals surface area (Å²) in [4.78, 5) is 44.0. The number of nitrogens with one attached hydrogen (secondary N) is 1. The number of carbonyl (C=O) groups is 2. The monoisotopic (exact) mass is 487 g/mol. The molecule has 1 N–H and O–H groups in total. The molecule has 0 bridgehead atoms. The first kappa shape index (κ1) is 22.5. The number of ether oxygens (including phenoxy) is 1. The second-order valence-electron chi connectivity index (χ2n) is 7.90. The van der Waals surface area contributed by atoms with Crippen LogP contribution in [0.2, 0.25) is 0 Å². The van der Waals surface area contributed by atoms with E-state index in [0.29, 0.717) is 33.1 Å². The van der Waals surface area contributed by atoms with Crippen LogP contribution in [0.3, 0.4) is 0 Å². The summed E-state index contributed by atoms with van der Waals surface area (Å²) in [6.07, 6.45) is 1.75. The van der Waals surface area contributed by atoms with Crippen molar-refractivity contribution in [3.63, 3.8) is 0 Å². The largest absolute Gasteiger partial charge is 0.461 e. The van der Waals surface area contributed by atoms with Gasteiger partial charge in [-0.15, -0.1) is 11.3 Å². The first-order chi connectivity index (χ1) is 16.9. The molecule has 0 aliphatic rings. The number of esters is 1. The van der Waals surface area contributed by atoms with Crippen LogP contribution < -0.4 is 10.9 Å². The van der Waals surface area contributed by atoms with Crippen LogP contribution in [-0.2, 0) is 4.74 Å². The maximum Gasteiger partial charge on any atom is 0.359 e. The molecule has 9 nitrogen and oxygen atoms in total. The number of amides is 1. The van der Waals surface area contributed by atoms with E-state index in [1.54, 1.807) is 42.0 Å². The molecular weight excluding hydrogens is 466 g/mol. The molecule has 1 aromatic carbocycles. The van der Waals surface area contributed by atoms with Gasteiger partial charge in [0.1, 0.15) is 16.3 Å². The molecule has 35 heavy (non-hydrogen) atoms. The predicted molar refractivity (Wildman–Crippen MR) is 134 cm³/mol. The molecule has 1 amide bonds. The smallest absolute Gasteiger partial charge is 0.359 e. The number of anilines is 1. The molecule has 5 rings (SSSR count). The van der Waals surface area contributed by atoms with E-state index in [9.17, 15) is 14.4 Å². The summed E-state index contributed by atoms with van der Waals surface area (Å²) in [6.45, 7) is 5.54. The lowest BCUT2D eigenvalue weighted by Crippen LogP contribution is -2.25. The highest BCUT2D eigenvalue weighted by Gasteiger charge is 2.24. The first-order valence-corrected chi connectivity index (χ1v) is 11.8. The Labute approximate surface area is 203 Å². The SMILES string of the molecule is CCOC(=O)c1nn(-c2ccc(C)cc2)c(=O)c2c(NC(=O)c3c(C)nc4ccccn34)scc12. The van der Waals surface area contributed by atoms with Gasteiger partial charge in [0.2, 0.25) is 0 Å². The Morgan fingerprint density at radius 2 is 1.89 bits per heavy atom. The fourth-order valence-corrected chi connectivity index (χ4v) is 4.83. The van der Waals surface area contributed by atoms with E-state index in [-0.39, 0.29) is 17.7 Å². The van der Waals surface area contributed by atoms with Crippen molar-refractivity contribution >= 4 is 44.6 Å². The lowest BCUT2D eigenvalue weighted by molar-refractivity contribution is 0.0520. The Bertz CT molecular complexity index is 1660. The van der Waals surface area contributed by atoms with Crippen LogP contribution in [0.25, 0.3) is 22.1 Å². The molecule has 0 unspecified atom stereocenters. The van der Waals surface area contributed by atoms with E-state index in [4.69, 9.17) is 4.74 Å². The summed E-state index contributed by atoms with van der Waals surface area (Å²) in [7, 11) is 0. The number of thiophene rings is 1. The maximum absolute atomic E-state index is 13.6. The van der Waals surface area contributed by atoms with Crippen molar-refractivity contribution in [1.82, 2.24) is 19.2 Å². The number of rotatable bonds is 5. The molecule has 4 heterocycles. The molecule has 0 saturated heterocycles. The highest BCUT2D eigenvalue weighted by molar-refractivity contribution is 7.16. The van der Waals surface area contributed by atoms with Crippen molar-refractivity contribution in [2.75, 3.05) is 11.9 Å². The number of aromatic nitrogens is 4. The third-order valence-corrected chi connectivity index (χ3v) is 6.44. The third kappa shape index (κ3) is 3.87. The van der Waals surface area contributed by atoms with Gasteiger partial charge in [0.25, 0.3) is 11.5 Å². The average Bonchev–Trinajstić information content (AvgIpc) is 3.40. The van der Waals surface area contributed by atoms with Gasteiger partial charge in [-0.25, -0.2) is 9.78 Å². The minimum absolute atomic E-state index is 0.00440. The lowest BCUT2D eigenvalue weighted by Gasteiger charge is -2.10. The highest BCUT2D eigenvalue weighted by atomic mass is 32.1. The van der Waals surface area contributed by atoms with Crippen LogP contribution >= 0.6 is 11.3 Å². The number of aryl methyl sites for hydroxylation is 2. The summed E-state index contributed by atoms with van der Waals surface area (Å²) >= 11 is 1.15. The number of fused-ring (bicyclic) bond motifs is 2. The fraction of sp³-hybridized carbons (Fsp3) is 0.160. The number of carbonyl (C=O) groups excluding carboxylic acids is 2. The van der Waals surface area contributed by atoms with Crippen molar-refractivity contribution in [3.05, 3.63) is 87.0 Å². The van der Waals surface area contributed by atoms with Crippen LogP contribution in [0.15, 0.2) is 58.8 Å². The molecular formula is C25H21N5O4S. The minimum atomic E-state index is -0.647. The topological polar surface area (TPSA) is 108 Å². The van der Waals surface area contributed by atoms with Crippen LogP contribution in [0.1, 0.15) is 39.2 Å². The average molecular weight is 488 g/mol. The number of hydrogen-bond donors (Lipinski definition) is 1. The van der Waals surface area contributed by atoms with E-state index < -0.39 is 17.4 Å². The molecule has 10 heteroatoms. The molecule has 0 spiro atoms. The molecule has 176 valence electrons. The Hall–Kier alpha value is -4.31. The number of hydrogen-bond acceptors (Lipinski definition) is 7. The van der Waals surface area contributed by atoms with E-state index in [1.807, 2.05) is 37.3 Å². The molecule has 4 aromatic heterocycles. The van der Waals surface area contributed by atoms with Gasteiger partial charge in [0.15, 0.2) is 5.69 Å². The van der Waals surface area contributed by atoms with E-state index >= 15 is 0 Å². The number of imidazole rings is 1. The van der Waals surface area contributed by atoms with Gasteiger partial charge >= 0.3 is 5.97 Å². The van der Waals surface area contributed by atoms with E-state index in [1.165, 1.54) is 0 Å². The van der Waals surface area contributed by atoms with E-state index in [2.05, 4.69) is 15.4 Å². The molecule has 0 radical (unpaired) electrons. The summed E-state index contributed by atoms with van der Waals surface area (Å²) in [5, 5.41) is 9.64. The van der Waals surface area contributed by atoms with Gasteiger partial charge in [0, 0.05) is 17.0 Å². The van der Waals surface area contributed by atoms with Gasteiger partial charge in [-0.05, 0) is 45.0 Å². The maximum atomic E-state index is 13.6. The molecule has 0 atom stereocenters. The molecule has 0 aliphatic heterocycles. The quantitative estimate of drug-likeness (QED) is 0.373. The van der Waals surface area contributed by atoms with Crippen molar-refractivity contribution in [2.45, 2.75) is 20.8 Å². The second-order valence-corrected chi connectivity index (χ2v) is 8.78. The van der Waals surface area contributed by atoms with Crippen molar-refractivity contribution in [1.29, 1.82) is 0 Å². The number of pyridine rings is 1. The van der Waals surface area contributed by atoms with Gasteiger partial charge in [-0.1, -0.05) is 23.8 Å². The Morgan fingerprint density at radius 1 is 1.11 bits per heavy atom. The van der Waals surface area contributed by atoms with Crippen molar-refractivity contribution in [3.8, 4) is 5.69 Å². The van der Waals surface area contributed by atoms with Gasteiger partial charge in [0.05, 0.1) is 23.4 Å². The Morgan fingerprint density at radius 3 is 2.63 bits per heavy atom. The third-order valence-electron chi connectivity index (χ3n) is 5.55. The molecule has 5 aromatic rings. The minimum Gasteiger partial charge on any atom is -0.461 e. The van der Waals surface area contributed by atoms with Gasteiger partial charge in [-0.3, -0.25) is 14.0 Å². The van der Waals surface area contributed by atoms with Crippen molar-refractivity contribution < 1.29 is 14.3 Å². The lowest BCUT2D eigenvalue weighted by atomic mass is 10.2. The van der Waals surface area contributed by atoms with Gasteiger partial charge in [-0.2, -0.15) is 9.78 Å². The summed E-state index contributed by atoms with van der Waals surface area (Å²) in [5.41, 5.74) is 2.62. The highest BCUT2D eigenvalue weighted by Crippen LogP contribution is 2.31. The molecule has 0 aliphatic carbocycles. The number of benzene rings is 1. The van der Waals surface area contributed by atoms with Gasteiger partial charge < -0.3 is 10.1 Å².